The van der Waals surface area contributed by atoms with Crippen molar-refractivity contribution in [2.45, 2.75) is 13.1 Å². The van der Waals surface area contributed by atoms with Crippen molar-refractivity contribution in [3.8, 4) is 11.4 Å². The highest BCUT2D eigenvalue weighted by molar-refractivity contribution is 9.10. The Morgan fingerprint density at radius 3 is 2.71 bits per heavy atom. The number of carboxylic acids is 1. The number of aliphatic imine (C=N–C) groups is 1. The molecule has 3 rings (SSSR count). The van der Waals surface area contributed by atoms with Gasteiger partial charge in [-0.25, -0.2) is 9.79 Å². The molecule has 0 saturated heterocycles. The fraction of sp³-hybridized carbons (Fsp3) is 0.136. The summed E-state index contributed by atoms with van der Waals surface area (Å²) >= 11 is 3.61. The lowest BCUT2D eigenvalue weighted by Crippen LogP contribution is -2.24. The molecule has 0 bridgehead atoms. The fourth-order valence-electron chi connectivity index (χ4n) is 3.00. The van der Waals surface area contributed by atoms with E-state index in [4.69, 9.17) is 0 Å². The average Bonchev–Trinajstić information content (AvgIpc) is 3.22. The molecule has 0 aliphatic rings. The summed E-state index contributed by atoms with van der Waals surface area (Å²) in [6.45, 7) is 8.23. The van der Waals surface area contributed by atoms with Gasteiger partial charge < -0.3 is 10.0 Å². The van der Waals surface area contributed by atoms with Crippen LogP contribution >= 0.6 is 15.9 Å². The van der Waals surface area contributed by atoms with Crippen molar-refractivity contribution in [3.05, 3.63) is 89.1 Å². The monoisotopic (exact) mass is 480 g/mol. The van der Waals surface area contributed by atoms with Crippen molar-refractivity contribution >= 4 is 27.7 Å². The highest BCUT2D eigenvalue weighted by Gasteiger charge is 2.13. The van der Waals surface area contributed by atoms with Gasteiger partial charge >= 0.3 is 5.97 Å². The summed E-state index contributed by atoms with van der Waals surface area (Å²) < 4.78 is 0.895. The Morgan fingerprint density at radius 1 is 1.26 bits per heavy atom. The number of hydrogen-bond acceptors (Lipinski definition) is 5. The van der Waals surface area contributed by atoms with Gasteiger partial charge in [0.05, 0.1) is 12.1 Å². The standard InChI is InChI=1S/C22H21BrN6O2/c1-4-20(24-5-2)28(3)13-17-11-10-15(12-19(17)23)21-25-27-29(26-21)14-16-8-6-7-9-18(16)22(30)31/h4-12H,1-2,13-14H2,3H3,(H,30,31). The van der Waals surface area contributed by atoms with E-state index < -0.39 is 5.97 Å². The summed E-state index contributed by atoms with van der Waals surface area (Å²) in [6, 6.07) is 12.6. The van der Waals surface area contributed by atoms with E-state index >= 15 is 0 Å². The molecule has 9 heteroatoms. The largest absolute Gasteiger partial charge is 0.478 e. The maximum absolute atomic E-state index is 11.4. The molecule has 8 nitrogen and oxygen atoms in total. The topological polar surface area (TPSA) is 96.5 Å². The number of carboxylic acid groups (broad SMARTS) is 1. The lowest BCUT2D eigenvalue weighted by molar-refractivity contribution is 0.0695. The maximum atomic E-state index is 11.4. The number of aromatic nitrogens is 4. The van der Waals surface area contributed by atoms with Crippen molar-refractivity contribution in [2.75, 3.05) is 7.05 Å². The zero-order valence-electron chi connectivity index (χ0n) is 16.9. The van der Waals surface area contributed by atoms with E-state index in [1.165, 1.54) is 11.0 Å². The summed E-state index contributed by atoms with van der Waals surface area (Å²) in [5, 5.41) is 21.9. The predicted octanol–water partition coefficient (Wildman–Crippen LogP) is 4.01. The van der Waals surface area contributed by atoms with Crippen molar-refractivity contribution in [2.24, 2.45) is 4.99 Å². The van der Waals surface area contributed by atoms with Crippen LogP contribution in [-0.4, -0.2) is 49.1 Å². The number of rotatable bonds is 8. The molecule has 0 fully saturated rings. The minimum atomic E-state index is -0.988. The number of likely N-dealkylation sites (N-methyl/N-ethyl adjacent to an activating group) is 1. The van der Waals surface area contributed by atoms with E-state index in [1.54, 1.807) is 30.3 Å². The van der Waals surface area contributed by atoms with Gasteiger partial charge in [-0.2, -0.15) is 4.80 Å². The summed E-state index contributed by atoms with van der Waals surface area (Å²) in [4.78, 5) is 18.9. The third kappa shape index (κ3) is 5.32. The number of aromatic carboxylic acids is 1. The summed E-state index contributed by atoms with van der Waals surface area (Å²) in [6.07, 6.45) is 3.16. The minimum absolute atomic E-state index is 0.215. The normalized spacial score (nSPS) is 11.2. The Balaban J connectivity index is 1.78. The molecular formula is C22H21BrN6O2. The van der Waals surface area contributed by atoms with Crippen LogP contribution in [0.1, 0.15) is 21.5 Å². The first-order valence-corrected chi connectivity index (χ1v) is 10.1. The van der Waals surface area contributed by atoms with Gasteiger partial charge in [-0.1, -0.05) is 59.4 Å². The Kier molecular flexibility index (Phi) is 7.09. The molecular weight excluding hydrogens is 460 g/mol. The Bertz CT molecular complexity index is 1150. The SMILES string of the molecule is C=CN=C(C=C)N(C)Cc1ccc(-c2nnn(Cc3ccccc3C(=O)O)n2)cc1Br. The van der Waals surface area contributed by atoms with Crippen LogP contribution in [-0.2, 0) is 13.1 Å². The number of amidine groups is 1. The van der Waals surface area contributed by atoms with Crippen molar-refractivity contribution in [1.82, 2.24) is 25.1 Å². The van der Waals surface area contributed by atoms with Crippen LogP contribution in [0.5, 0.6) is 0 Å². The molecule has 31 heavy (non-hydrogen) atoms. The molecule has 0 atom stereocenters. The van der Waals surface area contributed by atoms with Gasteiger partial charge in [-0.05, 0) is 34.5 Å². The predicted molar refractivity (Wildman–Crippen MR) is 123 cm³/mol. The van der Waals surface area contributed by atoms with E-state index in [-0.39, 0.29) is 12.1 Å². The van der Waals surface area contributed by atoms with Crippen LogP contribution in [0, 0.1) is 0 Å². The summed E-state index contributed by atoms with van der Waals surface area (Å²) in [5.74, 6) is 0.184. The van der Waals surface area contributed by atoms with Crippen LogP contribution < -0.4 is 0 Å². The highest BCUT2D eigenvalue weighted by Crippen LogP contribution is 2.25. The molecule has 1 heterocycles. The average molecular weight is 481 g/mol. The quantitative estimate of drug-likeness (QED) is 0.386. The Hall–Kier alpha value is -3.59. The molecule has 0 saturated carbocycles. The van der Waals surface area contributed by atoms with Gasteiger partial charge in [0, 0.05) is 29.8 Å². The fourth-order valence-corrected chi connectivity index (χ4v) is 3.50. The molecule has 158 valence electrons. The van der Waals surface area contributed by atoms with Crippen LogP contribution in [0.25, 0.3) is 11.4 Å². The van der Waals surface area contributed by atoms with E-state index in [0.717, 1.165) is 21.4 Å². The number of tetrazole rings is 1. The van der Waals surface area contributed by atoms with Crippen LogP contribution in [0.4, 0.5) is 0 Å². The van der Waals surface area contributed by atoms with E-state index in [9.17, 15) is 9.90 Å². The zero-order valence-corrected chi connectivity index (χ0v) is 18.5. The second kappa shape index (κ2) is 9.94. The number of nitrogens with zero attached hydrogens (tertiary/aromatic N) is 6. The Labute approximate surface area is 188 Å². The number of hydrogen-bond donors (Lipinski definition) is 1. The van der Waals surface area contributed by atoms with Gasteiger partial charge in [0.2, 0.25) is 5.82 Å². The molecule has 1 aromatic heterocycles. The molecule has 0 radical (unpaired) electrons. The molecule has 0 aliphatic heterocycles. The van der Waals surface area contributed by atoms with E-state index in [2.05, 4.69) is 49.5 Å². The van der Waals surface area contributed by atoms with Crippen LogP contribution in [0.2, 0.25) is 0 Å². The lowest BCUT2D eigenvalue weighted by Gasteiger charge is -2.19. The highest BCUT2D eigenvalue weighted by atomic mass is 79.9. The molecule has 0 aliphatic carbocycles. The summed E-state index contributed by atoms with van der Waals surface area (Å²) in [5.41, 5.74) is 2.67. The van der Waals surface area contributed by atoms with Gasteiger partial charge in [0.25, 0.3) is 0 Å². The second-order valence-corrected chi connectivity index (χ2v) is 7.50. The number of halogens is 1. The van der Waals surface area contributed by atoms with Gasteiger partial charge in [-0.3, -0.25) is 0 Å². The first-order valence-electron chi connectivity index (χ1n) is 9.33. The number of carbonyl (C=O) groups is 1. The van der Waals surface area contributed by atoms with Gasteiger partial charge in [-0.15, -0.1) is 10.2 Å². The molecule has 0 spiro atoms. The van der Waals surface area contributed by atoms with Crippen LogP contribution in [0.3, 0.4) is 0 Å². The molecule has 0 unspecified atom stereocenters. The van der Waals surface area contributed by atoms with E-state index in [0.29, 0.717) is 17.9 Å². The first-order chi connectivity index (χ1) is 14.9. The molecule has 1 N–H and O–H groups in total. The third-order valence-electron chi connectivity index (χ3n) is 4.53. The zero-order chi connectivity index (χ0) is 22.4. The maximum Gasteiger partial charge on any atom is 0.336 e. The van der Waals surface area contributed by atoms with E-state index in [1.807, 2.05) is 30.1 Å². The van der Waals surface area contributed by atoms with Crippen LogP contribution in [0.15, 0.2) is 77.4 Å². The second-order valence-electron chi connectivity index (χ2n) is 6.64. The lowest BCUT2D eigenvalue weighted by atomic mass is 10.1. The third-order valence-corrected chi connectivity index (χ3v) is 5.27. The van der Waals surface area contributed by atoms with Crippen molar-refractivity contribution < 1.29 is 9.90 Å². The smallest absolute Gasteiger partial charge is 0.336 e. The van der Waals surface area contributed by atoms with Crippen molar-refractivity contribution in [3.63, 3.8) is 0 Å². The molecule has 3 aromatic rings. The van der Waals surface area contributed by atoms with Gasteiger partial charge in [0.1, 0.15) is 5.84 Å². The minimum Gasteiger partial charge on any atom is -0.478 e. The first kappa shape index (κ1) is 22.1. The molecule has 2 aromatic carbocycles. The Morgan fingerprint density at radius 2 is 2.03 bits per heavy atom. The molecule has 0 amide bonds. The van der Waals surface area contributed by atoms with Gasteiger partial charge in [0.15, 0.2) is 0 Å². The van der Waals surface area contributed by atoms with Crippen molar-refractivity contribution in [1.29, 1.82) is 0 Å². The number of benzene rings is 2. The summed E-state index contributed by atoms with van der Waals surface area (Å²) in [7, 11) is 1.92.